The summed E-state index contributed by atoms with van der Waals surface area (Å²) in [5.41, 5.74) is 8.70. The van der Waals surface area contributed by atoms with Gasteiger partial charge in [-0.25, -0.2) is 4.98 Å². The molecule has 0 aliphatic rings. The lowest BCUT2D eigenvalue weighted by atomic mass is 9.97. The number of pyridine rings is 2. The Morgan fingerprint density at radius 3 is 2.52 bits per heavy atom. The number of nitrogens with two attached hydrogens (primary N) is 1. The Kier molecular flexibility index (Phi) is 7.47. The molecule has 31 heavy (non-hydrogen) atoms. The largest absolute Gasteiger partial charge is 0.498 e. The molecule has 0 aliphatic carbocycles. The van der Waals surface area contributed by atoms with Gasteiger partial charge in [0.2, 0.25) is 0 Å². The fourth-order valence-corrected chi connectivity index (χ4v) is 3.76. The molecule has 154 valence electrons. The van der Waals surface area contributed by atoms with Crippen molar-refractivity contribution in [1.82, 2.24) is 9.97 Å². The predicted molar refractivity (Wildman–Crippen MR) is 119 cm³/mol. The van der Waals surface area contributed by atoms with E-state index in [0.29, 0.717) is 46.4 Å². The van der Waals surface area contributed by atoms with Crippen molar-refractivity contribution in [2.45, 2.75) is 10.8 Å². The van der Waals surface area contributed by atoms with Crippen molar-refractivity contribution in [3.05, 3.63) is 78.3 Å². The molecule has 0 atom stereocenters. The molecule has 8 heteroatoms. The molecule has 0 amide bonds. The van der Waals surface area contributed by atoms with Crippen LogP contribution in [0.25, 0.3) is 11.1 Å². The number of aromatic nitrogens is 2. The molecule has 1 aromatic carbocycles. The van der Waals surface area contributed by atoms with Gasteiger partial charge in [-0.3, -0.25) is 4.98 Å². The van der Waals surface area contributed by atoms with E-state index < -0.39 is 0 Å². The Labute approximate surface area is 184 Å². The highest BCUT2D eigenvalue weighted by Crippen LogP contribution is 2.37. The number of nitrogens with zero attached hydrogens (tertiary/aromatic N) is 4. The van der Waals surface area contributed by atoms with Gasteiger partial charge in [-0.1, -0.05) is 24.8 Å². The number of thioether (sulfide) groups is 1. The molecule has 0 spiro atoms. The van der Waals surface area contributed by atoms with Gasteiger partial charge in [-0.05, 0) is 29.3 Å². The maximum atomic E-state index is 9.88. The standard InChI is InChI=1S/C23H19N5O2S/c1-2-29-10-11-30-18-7-5-17(6-8-18)21-19(12-24)22(26)28-23(20(21)13-25)31-15-16-4-3-9-27-14-16/h2-9,14H,1,10-11,15H2,(H2,26,28). The number of benzene rings is 1. The topological polar surface area (TPSA) is 118 Å². The van der Waals surface area contributed by atoms with E-state index in [2.05, 4.69) is 28.7 Å². The monoisotopic (exact) mass is 429 g/mol. The number of hydrogen-bond donors (Lipinski definition) is 1. The SMILES string of the molecule is C=COCCOc1ccc(-c2c(C#N)c(N)nc(SCc3cccnc3)c2C#N)cc1. The summed E-state index contributed by atoms with van der Waals surface area (Å²) in [5.74, 6) is 1.30. The third-order valence-corrected chi connectivity index (χ3v) is 5.29. The van der Waals surface area contributed by atoms with Crippen LogP contribution in [-0.2, 0) is 10.5 Å². The second kappa shape index (κ2) is 10.7. The summed E-state index contributed by atoms with van der Waals surface area (Å²) >= 11 is 1.38. The summed E-state index contributed by atoms with van der Waals surface area (Å²) in [6, 6.07) is 15.2. The number of hydrogen-bond acceptors (Lipinski definition) is 8. The van der Waals surface area contributed by atoms with Crippen molar-refractivity contribution in [2.24, 2.45) is 0 Å². The van der Waals surface area contributed by atoms with Gasteiger partial charge >= 0.3 is 0 Å². The van der Waals surface area contributed by atoms with Crippen LogP contribution in [0.1, 0.15) is 16.7 Å². The first-order chi connectivity index (χ1) is 15.2. The van der Waals surface area contributed by atoms with Gasteiger partial charge in [0.15, 0.2) is 0 Å². The van der Waals surface area contributed by atoms with Gasteiger partial charge in [-0.2, -0.15) is 10.5 Å². The van der Waals surface area contributed by atoms with Gasteiger partial charge in [0.25, 0.3) is 0 Å². The van der Waals surface area contributed by atoms with Crippen molar-refractivity contribution in [3.8, 4) is 29.0 Å². The average Bonchev–Trinajstić information content (AvgIpc) is 2.81. The normalized spacial score (nSPS) is 10.0. The number of nitriles is 2. The Bertz CT molecular complexity index is 1140. The molecule has 3 rings (SSSR count). The number of rotatable bonds is 9. The van der Waals surface area contributed by atoms with Crippen molar-refractivity contribution in [1.29, 1.82) is 10.5 Å². The molecule has 7 nitrogen and oxygen atoms in total. The van der Waals surface area contributed by atoms with E-state index in [1.54, 1.807) is 36.7 Å². The Morgan fingerprint density at radius 2 is 1.87 bits per heavy atom. The minimum Gasteiger partial charge on any atom is -0.498 e. The fraction of sp³-hybridized carbons (Fsp3) is 0.130. The van der Waals surface area contributed by atoms with E-state index in [0.717, 1.165) is 5.56 Å². The number of ether oxygens (including phenoxy) is 2. The Hall–Kier alpha value is -4.01. The lowest BCUT2D eigenvalue weighted by Gasteiger charge is -2.13. The highest BCUT2D eigenvalue weighted by Gasteiger charge is 2.20. The number of nitrogen functional groups attached to an aromatic ring is 1. The molecular formula is C23H19N5O2S. The molecule has 2 heterocycles. The summed E-state index contributed by atoms with van der Waals surface area (Å²) in [6.07, 6.45) is 4.81. The smallest absolute Gasteiger partial charge is 0.143 e. The highest BCUT2D eigenvalue weighted by molar-refractivity contribution is 7.98. The van der Waals surface area contributed by atoms with Crippen molar-refractivity contribution >= 4 is 17.6 Å². The van der Waals surface area contributed by atoms with Gasteiger partial charge in [0.05, 0.1) is 11.8 Å². The van der Waals surface area contributed by atoms with Crippen LogP contribution < -0.4 is 10.5 Å². The number of anilines is 1. The molecule has 0 fully saturated rings. The summed E-state index contributed by atoms with van der Waals surface area (Å²) in [4.78, 5) is 8.42. The second-order valence-corrected chi connectivity index (χ2v) is 7.18. The molecule has 0 unspecified atom stereocenters. The molecule has 0 saturated heterocycles. The van der Waals surface area contributed by atoms with Crippen LogP contribution >= 0.6 is 11.8 Å². The molecule has 0 bridgehead atoms. The predicted octanol–water partition coefficient (Wildman–Crippen LogP) is 4.30. The zero-order valence-electron chi connectivity index (χ0n) is 16.6. The third kappa shape index (κ3) is 5.33. The lowest BCUT2D eigenvalue weighted by Crippen LogP contribution is -2.04. The van der Waals surface area contributed by atoms with Crippen LogP contribution in [0, 0.1) is 22.7 Å². The first kappa shape index (κ1) is 21.7. The lowest BCUT2D eigenvalue weighted by molar-refractivity contribution is 0.179. The van der Waals surface area contributed by atoms with E-state index in [1.807, 2.05) is 12.1 Å². The first-order valence-electron chi connectivity index (χ1n) is 9.29. The quantitative estimate of drug-likeness (QED) is 0.304. The summed E-state index contributed by atoms with van der Waals surface area (Å²) < 4.78 is 10.6. The van der Waals surface area contributed by atoms with E-state index in [4.69, 9.17) is 15.2 Å². The Balaban J connectivity index is 1.93. The van der Waals surface area contributed by atoms with Crippen LogP contribution in [0.3, 0.4) is 0 Å². The maximum Gasteiger partial charge on any atom is 0.143 e. The minimum absolute atomic E-state index is 0.0899. The van der Waals surface area contributed by atoms with E-state index in [-0.39, 0.29) is 11.4 Å². The van der Waals surface area contributed by atoms with E-state index in [1.165, 1.54) is 18.0 Å². The summed E-state index contributed by atoms with van der Waals surface area (Å²) in [6.45, 7) is 4.24. The zero-order chi connectivity index (χ0) is 22.1. The molecule has 2 aromatic heterocycles. The highest BCUT2D eigenvalue weighted by atomic mass is 32.2. The molecule has 0 aliphatic heterocycles. The van der Waals surface area contributed by atoms with Gasteiger partial charge in [0, 0.05) is 23.7 Å². The van der Waals surface area contributed by atoms with Crippen LogP contribution in [0.15, 0.2) is 66.7 Å². The minimum atomic E-state index is 0.0899. The molecular weight excluding hydrogens is 410 g/mol. The zero-order valence-corrected chi connectivity index (χ0v) is 17.4. The maximum absolute atomic E-state index is 9.88. The molecule has 0 saturated carbocycles. The third-order valence-electron chi connectivity index (χ3n) is 4.24. The average molecular weight is 430 g/mol. The van der Waals surface area contributed by atoms with Crippen LogP contribution in [0.5, 0.6) is 5.75 Å². The van der Waals surface area contributed by atoms with Crippen molar-refractivity contribution in [2.75, 3.05) is 18.9 Å². The van der Waals surface area contributed by atoms with E-state index >= 15 is 0 Å². The van der Waals surface area contributed by atoms with Crippen LogP contribution in [0.4, 0.5) is 5.82 Å². The summed E-state index contributed by atoms with van der Waals surface area (Å²) in [5, 5.41) is 20.0. The second-order valence-electron chi connectivity index (χ2n) is 6.21. The van der Waals surface area contributed by atoms with Crippen molar-refractivity contribution in [3.63, 3.8) is 0 Å². The molecule has 2 N–H and O–H groups in total. The molecule has 0 radical (unpaired) electrons. The van der Waals surface area contributed by atoms with Crippen LogP contribution in [0.2, 0.25) is 0 Å². The van der Waals surface area contributed by atoms with E-state index in [9.17, 15) is 10.5 Å². The summed E-state index contributed by atoms with van der Waals surface area (Å²) in [7, 11) is 0. The fourth-order valence-electron chi connectivity index (χ4n) is 2.84. The van der Waals surface area contributed by atoms with Gasteiger partial charge in [0.1, 0.15) is 47.5 Å². The Morgan fingerprint density at radius 1 is 1.10 bits per heavy atom. The first-order valence-corrected chi connectivity index (χ1v) is 10.3. The van der Waals surface area contributed by atoms with Gasteiger partial charge < -0.3 is 15.2 Å². The van der Waals surface area contributed by atoms with Crippen molar-refractivity contribution < 1.29 is 9.47 Å². The van der Waals surface area contributed by atoms with Gasteiger partial charge in [-0.15, -0.1) is 11.8 Å². The van der Waals surface area contributed by atoms with Crippen LogP contribution in [-0.4, -0.2) is 23.2 Å². The molecule has 3 aromatic rings.